The Hall–Kier alpha value is -2.39. The molecule has 0 amide bonds. The first-order valence-corrected chi connectivity index (χ1v) is 28.4. The topological polar surface area (TPSA) is 55.8 Å². The second-order valence-electron chi connectivity index (χ2n) is 19.0. The van der Waals surface area contributed by atoms with E-state index in [1.165, 1.54) is 180 Å². The molecule has 0 saturated carbocycles. The third kappa shape index (κ3) is 25.8. The van der Waals surface area contributed by atoms with Gasteiger partial charge in [-0.25, -0.2) is 0 Å². The summed E-state index contributed by atoms with van der Waals surface area (Å²) in [4.78, 5) is 0. The summed E-state index contributed by atoms with van der Waals surface area (Å²) in [7, 11) is -3.51. The summed E-state index contributed by atoms with van der Waals surface area (Å²) in [6.45, 7) is 7.49. The largest absolute Gasteiger partial charge is 0.507 e. The van der Waals surface area contributed by atoms with Gasteiger partial charge in [0.25, 0.3) is 0 Å². The molecule has 356 valence electrons. The van der Waals surface area contributed by atoms with E-state index in [-0.39, 0.29) is 0 Å². The smallest absolute Gasteiger partial charge is 0.337 e. The third-order valence-electron chi connectivity index (χ3n) is 13.3. The Morgan fingerprint density at radius 1 is 0.429 bits per heavy atom. The van der Waals surface area contributed by atoms with Crippen molar-refractivity contribution in [2.75, 3.05) is 13.2 Å². The first kappa shape index (κ1) is 54.9. The van der Waals surface area contributed by atoms with Gasteiger partial charge in [0.2, 0.25) is 0 Å². The average molecular weight is 887 g/mol. The van der Waals surface area contributed by atoms with Crippen molar-refractivity contribution in [3.63, 3.8) is 0 Å². The van der Waals surface area contributed by atoms with Gasteiger partial charge < -0.3 is 14.2 Å². The van der Waals surface area contributed by atoms with E-state index < -0.39 is 13.3 Å². The highest BCUT2D eigenvalue weighted by atomic mass is 31.2. The van der Waals surface area contributed by atoms with Crippen LogP contribution in [0.1, 0.15) is 260 Å². The Morgan fingerprint density at radius 3 is 0.984 bits per heavy atom. The van der Waals surface area contributed by atoms with Crippen LogP contribution in [0.5, 0.6) is 5.75 Å². The lowest BCUT2D eigenvalue weighted by atomic mass is 9.94. The molecule has 0 aromatic heterocycles. The third-order valence-corrected chi connectivity index (χ3v) is 15.6. The molecule has 0 bridgehead atoms. The van der Waals surface area contributed by atoms with Gasteiger partial charge in [0.15, 0.2) is 0 Å². The Morgan fingerprint density at radius 2 is 0.698 bits per heavy atom. The minimum Gasteiger partial charge on any atom is -0.507 e. The van der Waals surface area contributed by atoms with Crippen LogP contribution in [0.25, 0.3) is 0 Å². The van der Waals surface area contributed by atoms with Crippen LogP contribution in [0.4, 0.5) is 0 Å². The molecule has 1 N–H and O–H groups in total. The fourth-order valence-electron chi connectivity index (χ4n) is 9.06. The van der Waals surface area contributed by atoms with Crippen LogP contribution in [0.15, 0.2) is 72.8 Å². The van der Waals surface area contributed by atoms with Crippen LogP contribution in [-0.4, -0.2) is 18.3 Å². The predicted molar refractivity (Wildman–Crippen MR) is 274 cm³/mol. The number of phenols is 1. The van der Waals surface area contributed by atoms with E-state index in [9.17, 15) is 9.67 Å². The summed E-state index contributed by atoms with van der Waals surface area (Å²) < 4.78 is 27.8. The highest BCUT2D eigenvalue weighted by molar-refractivity contribution is 7.54. The van der Waals surface area contributed by atoms with Crippen molar-refractivity contribution in [3.05, 3.63) is 101 Å². The molecule has 1 unspecified atom stereocenters. The van der Waals surface area contributed by atoms with E-state index in [0.717, 1.165) is 53.5 Å². The number of hydrogen-bond donors (Lipinski definition) is 1. The minimum absolute atomic E-state index is 0.316. The number of rotatable bonds is 42. The van der Waals surface area contributed by atoms with Crippen molar-refractivity contribution in [2.24, 2.45) is 0 Å². The molecule has 63 heavy (non-hydrogen) atoms. The monoisotopic (exact) mass is 887 g/mol. The molecule has 0 fully saturated rings. The molecule has 3 aromatic rings. The van der Waals surface area contributed by atoms with Crippen LogP contribution < -0.4 is 0 Å². The summed E-state index contributed by atoms with van der Waals surface area (Å²) in [5.41, 5.74) is 4.41. The van der Waals surface area contributed by atoms with Crippen LogP contribution in [0.3, 0.4) is 0 Å². The Balaban J connectivity index is 1.49. The molecule has 0 spiro atoms. The van der Waals surface area contributed by atoms with Crippen molar-refractivity contribution in [2.45, 2.75) is 245 Å². The maximum absolute atomic E-state index is 15.0. The van der Waals surface area contributed by atoms with Gasteiger partial charge in [-0.1, -0.05) is 279 Å². The Labute approximate surface area is 389 Å². The normalized spacial score (nSPS) is 12.3. The minimum atomic E-state index is -3.51. The summed E-state index contributed by atoms with van der Waals surface area (Å²) in [6, 6.07) is 24.7. The first-order valence-electron chi connectivity index (χ1n) is 26.8. The highest BCUT2D eigenvalue weighted by Gasteiger charge is 2.35. The standard InChI is InChI=1S/C58H95O4P/c1-4-6-8-10-12-14-16-18-20-22-24-26-28-30-32-40-46-61-63(60,62-47-41-33-31-29-27-25-23-21-19-17-15-13-11-9-7-5-2)52(3)55-50-56(48-53-42-36-34-37-43-53)58(59)57(51-55)49-54-44-38-35-39-45-54/h34-39,42-45,50-52,59H,4-33,40-41,46-49H2,1-3H3. The van der Waals surface area contributed by atoms with Gasteiger partial charge in [-0.2, -0.15) is 0 Å². The molecule has 3 aromatic carbocycles. The van der Waals surface area contributed by atoms with Gasteiger partial charge in [0.05, 0.1) is 18.9 Å². The second kappa shape index (κ2) is 36.8. The summed E-state index contributed by atoms with van der Waals surface area (Å²) in [5.74, 6) is 0.316. The van der Waals surface area contributed by atoms with E-state index in [1.807, 2.05) is 55.5 Å². The molecular formula is C58H95O4P. The van der Waals surface area contributed by atoms with Crippen LogP contribution >= 0.6 is 7.60 Å². The van der Waals surface area contributed by atoms with E-state index in [4.69, 9.17) is 9.05 Å². The first-order chi connectivity index (χ1) is 31.0. The second-order valence-corrected chi connectivity index (χ2v) is 21.4. The molecule has 3 rings (SSSR count). The van der Waals surface area contributed by atoms with Crippen molar-refractivity contribution in [3.8, 4) is 5.75 Å². The van der Waals surface area contributed by atoms with E-state index in [0.29, 0.717) is 31.8 Å². The number of benzene rings is 3. The zero-order chi connectivity index (χ0) is 44.9. The molecule has 0 heterocycles. The Bertz CT molecular complexity index is 1440. The molecule has 0 radical (unpaired) electrons. The van der Waals surface area contributed by atoms with Gasteiger partial charge in [-0.15, -0.1) is 0 Å². The number of unbranched alkanes of at least 4 members (excludes halogenated alkanes) is 30. The lowest BCUT2D eigenvalue weighted by Gasteiger charge is -2.26. The maximum Gasteiger partial charge on any atom is 0.337 e. The van der Waals surface area contributed by atoms with Crippen LogP contribution in [0.2, 0.25) is 0 Å². The molecular weight excluding hydrogens is 792 g/mol. The molecule has 4 nitrogen and oxygen atoms in total. The SMILES string of the molecule is CCCCCCCCCCCCCCCCCCOP(=O)(OCCCCCCCCCCCCCCCCCC)C(C)c1cc(Cc2ccccc2)c(O)c(Cc2ccccc2)c1. The Kier molecular flexibility index (Phi) is 32.1. The van der Waals surface area contributed by atoms with Gasteiger partial charge >= 0.3 is 7.60 Å². The zero-order valence-corrected chi connectivity index (χ0v) is 42.0. The van der Waals surface area contributed by atoms with Gasteiger partial charge in [-0.3, -0.25) is 4.57 Å². The number of phenolic OH excluding ortho intramolecular Hbond substituents is 1. The number of aromatic hydroxyl groups is 1. The fraction of sp³-hybridized carbons (Fsp3) is 0.690. The average Bonchev–Trinajstić information content (AvgIpc) is 3.30. The van der Waals surface area contributed by atoms with Crippen molar-refractivity contribution >= 4 is 7.60 Å². The molecule has 1 atom stereocenters. The molecule has 0 aliphatic rings. The molecule has 0 saturated heterocycles. The maximum atomic E-state index is 15.0. The van der Waals surface area contributed by atoms with Gasteiger partial charge in [0, 0.05) is 12.8 Å². The summed E-state index contributed by atoms with van der Waals surface area (Å²) >= 11 is 0. The van der Waals surface area contributed by atoms with Gasteiger partial charge in [-0.05, 0) is 47.6 Å². The van der Waals surface area contributed by atoms with Gasteiger partial charge in [0.1, 0.15) is 5.75 Å². The molecule has 0 aliphatic heterocycles. The summed E-state index contributed by atoms with van der Waals surface area (Å²) in [5, 5.41) is 11.6. The van der Waals surface area contributed by atoms with Crippen molar-refractivity contribution in [1.82, 2.24) is 0 Å². The molecule has 0 aliphatic carbocycles. The highest BCUT2D eigenvalue weighted by Crippen LogP contribution is 2.61. The van der Waals surface area contributed by atoms with E-state index in [1.54, 1.807) is 0 Å². The molecule has 5 heteroatoms. The quantitative estimate of drug-likeness (QED) is 0.0455. The van der Waals surface area contributed by atoms with E-state index >= 15 is 0 Å². The van der Waals surface area contributed by atoms with E-state index in [2.05, 4.69) is 38.1 Å². The van der Waals surface area contributed by atoms with Crippen molar-refractivity contribution < 1.29 is 18.7 Å². The van der Waals surface area contributed by atoms with Crippen LogP contribution in [-0.2, 0) is 26.5 Å². The zero-order valence-electron chi connectivity index (χ0n) is 41.1. The van der Waals surface area contributed by atoms with Crippen molar-refractivity contribution in [1.29, 1.82) is 0 Å². The fourth-order valence-corrected chi connectivity index (χ4v) is 10.9. The van der Waals surface area contributed by atoms with Crippen LogP contribution in [0, 0.1) is 0 Å². The lowest BCUT2D eigenvalue weighted by molar-refractivity contribution is 0.191. The number of hydrogen-bond acceptors (Lipinski definition) is 4. The lowest BCUT2D eigenvalue weighted by Crippen LogP contribution is -2.08. The predicted octanol–water partition coefficient (Wildman–Crippen LogP) is 19.4. The summed E-state index contributed by atoms with van der Waals surface area (Å²) in [6.07, 6.45) is 43.4.